The summed E-state index contributed by atoms with van der Waals surface area (Å²) in [4.78, 5) is 8.93. The Hall–Kier alpha value is -2.20. The summed E-state index contributed by atoms with van der Waals surface area (Å²) in [5.74, 6) is 0.986. The number of fused-ring (bicyclic) bond motifs is 1. The Morgan fingerprint density at radius 3 is 2.68 bits per heavy atom. The molecule has 19 heavy (non-hydrogen) atoms. The van der Waals surface area contributed by atoms with Gasteiger partial charge in [0.15, 0.2) is 0 Å². The van der Waals surface area contributed by atoms with Gasteiger partial charge in [0.1, 0.15) is 5.82 Å². The van der Waals surface area contributed by atoms with Crippen molar-refractivity contribution in [2.45, 2.75) is 12.5 Å². The SMILES string of the molecule is Cn1c(CC(N)c2ccccn2)nc2ccccc21. The fraction of sp³-hybridized carbons (Fsp3) is 0.200. The summed E-state index contributed by atoms with van der Waals surface area (Å²) in [5, 5.41) is 0. The number of nitrogens with two attached hydrogens (primary N) is 1. The van der Waals surface area contributed by atoms with Crippen LogP contribution in [0.4, 0.5) is 0 Å². The lowest BCUT2D eigenvalue weighted by molar-refractivity contribution is 0.648. The molecule has 3 rings (SSSR count). The molecule has 0 aliphatic rings. The first-order valence-electron chi connectivity index (χ1n) is 6.32. The molecule has 2 N–H and O–H groups in total. The number of nitrogens with zero attached hydrogens (tertiary/aromatic N) is 3. The van der Waals surface area contributed by atoms with Gasteiger partial charge in [0.25, 0.3) is 0 Å². The minimum atomic E-state index is -0.128. The molecular formula is C15H16N4. The standard InChI is InChI=1S/C15H16N4/c1-19-14-8-3-2-7-13(14)18-15(19)10-11(16)12-6-4-5-9-17-12/h2-9,11H,10,16H2,1H3. The molecule has 1 unspecified atom stereocenters. The Bertz CT molecular complexity index is 688. The largest absolute Gasteiger partial charge is 0.331 e. The number of imidazole rings is 1. The van der Waals surface area contributed by atoms with E-state index in [1.54, 1.807) is 6.20 Å². The van der Waals surface area contributed by atoms with Crippen LogP contribution < -0.4 is 5.73 Å². The van der Waals surface area contributed by atoms with Crippen molar-refractivity contribution in [1.29, 1.82) is 0 Å². The van der Waals surface area contributed by atoms with Gasteiger partial charge in [0, 0.05) is 19.7 Å². The monoisotopic (exact) mass is 252 g/mol. The average Bonchev–Trinajstić information content (AvgIpc) is 2.77. The highest BCUT2D eigenvalue weighted by Gasteiger charge is 2.13. The maximum atomic E-state index is 6.20. The molecule has 0 radical (unpaired) electrons. The molecular weight excluding hydrogens is 236 g/mol. The molecule has 0 bridgehead atoms. The second-order valence-electron chi connectivity index (χ2n) is 4.64. The Labute approximate surface area is 111 Å². The highest BCUT2D eigenvalue weighted by molar-refractivity contribution is 5.75. The number of para-hydroxylation sites is 2. The van der Waals surface area contributed by atoms with Crippen LogP contribution in [0.5, 0.6) is 0 Å². The van der Waals surface area contributed by atoms with Crippen LogP contribution in [0.25, 0.3) is 11.0 Å². The molecule has 3 aromatic rings. The molecule has 0 saturated heterocycles. The quantitative estimate of drug-likeness (QED) is 0.777. The zero-order valence-corrected chi connectivity index (χ0v) is 10.8. The van der Waals surface area contributed by atoms with E-state index in [1.165, 1.54) is 0 Å². The van der Waals surface area contributed by atoms with Crippen LogP contribution >= 0.6 is 0 Å². The van der Waals surface area contributed by atoms with Crippen LogP contribution in [0.15, 0.2) is 48.7 Å². The first-order chi connectivity index (χ1) is 9.25. The first kappa shape index (κ1) is 11.9. The van der Waals surface area contributed by atoms with E-state index in [4.69, 9.17) is 5.73 Å². The van der Waals surface area contributed by atoms with Crippen molar-refractivity contribution in [3.8, 4) is 0 Å². The highest BCUT2D eigenvalue weighted by Crippen LogP contribution is 2.18. The van der Waals surface area contributed by atoms with Crippen LogP contribution in [-0.2, 0) is 13.5 Å². The molecule has 1 atom stereocenters. The highest BCUT2D eigenvalue weighted by atomic mass is 15.1. The molecule has 2 aromatic heterocycles. The minimum absolute atomic E-state index is 0.128. The van der Waals surface area contributed by atoms with Crippen molar-refractivity contribution in [2.24, 2.45) is 12.8 Å². The molecule has 0 saturated carbocycles. The van der Waals surface area contributed by atoms with E-state index >= 15 is 0 Å². The van der Waals surface area contributed by atoms with E-state index in [0.29, 0.717) is 6.42 Å². The number of benzene rings is 1. The van der Waals surface area contributed by atoms with Crippen LogP contribution in [0.3, 0.4) is 0 Å². The number of aryl methyl sites for hydroxylation is 1. The van der Waals surface area contributed by atoms with E-state index in [1.807, 2.05) is 43.4 Å². The molecule has 4 nitrogen and oxygen atoms in total. The van der Waals surface area contributed by atoms with Crippen LogP contribution in [0, 0.1) is 0 Å². The molecule has 0 aliphatic carbocycles. The molecule has 0 spiro atoms. The zero-order valence-electron chi connectivity index (χ0n) is 10.8. The maximum absolute atomic E-state index is 6.20. The van der Waals surface area contributed by atoms with Crippen LogP contribution in [-0.4, -0.2) is 14.5 Å². The fourth-order valence-electron chi connectivity index (χ4n) is 2.27. The van der Waals surface area contributed by atoms with Crippen molar-refractivity contribution >= 4 is 11.0 Å². The van der Waals surface area contributed by atoms with Gasteiger partial charge in [-0.15, -0.1) is 0 Å². The Kier molecular flexibility index (Phi) is 3.01. The second kappa shape index (κ2) is 4.82. The average molecular weight is 252 g/mol. The summed E-state index contributed by atoms with van der Waals surface area (Å²) in [6.07, 6.45) is 2.45. The molecule has 96 valence electrons. The lowest BCUT2D eigenvalue weighted by Crippen LogP contribution is -2.16. The van der Waals surface area contributed by atoms with E-state index in [2.05, 4.69) is 20.6 Å². The van der Waals surface area contributed by atoms with Gasteiger partial charge in [-0.2, -0.15) is 0 Å². The van der Waals surface area contributed by atoms with Gasteiger partial charge in [-0.25, -0.2) is 4.98 Å². The molecule has 4 heteroatoms. The van der Waals surface area contributed by atoms with Crippen molar-refractivity contribution in [2.75, 3.05) is 0 Å². The van der Waals surface area contributed by atoms with Gasteiger partial charge in [-0.3, -0.25) is 4.98 Å². The summed E-state index contributed by atoms with van der Waals surface area (Å²) < 4.78 is 2.10. The lowest BCUT2D eigenvalue weighted by atomic mass is 10.1. The molecule has 0 amide bonds. The third-order valence-electron chi connectivity index (χ3n) is 3.35. The van der Waals surface area contributed by atoms with E-state index in [9.17, 15) is 0 Å². The maximum Gasteiger partial charge on any atom is 0.111 e. The summed E-state index contributed by atoms with van der Waals surface area (Å²) >= 11 is 0. The Morgan fingerprint density at radius 1 is 1.16 bits per heavy atom. The summed E-state index contributed by atoms with van der Waals surface area (Å²) in [7, 11) is 2.02. The summed E-state index contributed by atoms with van der Waals surface area (Å²) in [6.45, 7) is 0. The number of pyridine rings is 1. The number of rotatable bonds is 3. The van der Waals surface area contributed by atoms with Gasteiger partial charge in [0.05, 0.1) is 22.8 Å². The Morgan fingerprint density at radius 2 is 1.95 bits per heavy atom. The van der Waals surface area contributed by atoms with Gasteiger partial charge in [0.2, 0.25) is 0 Å². The van der Waals surface area contributed by atoms with Gasteiger partial charge >= 0.3 is 0 Å². The molecule has 0 aliphatic heterocycles. The van der Waals surface area contributed by atoms with Gasteiger partial charge < -0.3 is 10.3 Å². The van der Waals surface area contributed by atoms with Crippen LogP contribution in [0.2, 0.25) is 0 Å². The smallest absolute Gasteiger partial charge is 0.111 e. The summed E-state index contributed by atoms with van der Waals surface area (Å²) in [6, 6.07) is 13.8. The van der Waals surface area contributed by atoms with Crippen LogP contribution in [0.1, 0.15) is 17.6 Å². The second-order valence-corrected chi connectivity index (χ2v) is 4.64. The van der Waals surface area contributed by atoms with Crippen molar-refractivity contribution in [3.05, 3.63) is 60.2 Å². The molecule has 0 fully saturated rings. The number of hydrogen-bond acceptors (Lipinski definition) is 3. The Balaban J connectivity index is 1.91. The van der Waals surface area contributed by atoms with Gasteiger partial charge in [-0.05, 0) is 24.3 Å². The minimum Gasteiger partial charge on any atom is -0.331 e. The van der Waals surface area contributed by atoms with E-state index in [-0.39, 0.29) is 6.04 Å². The fourth-order valence-corrected chi connectivity index (χ4v) is 2.27. The predicted molar refractivity (Wildman–Crippen MR) is 75.6 cm³/mol. The third kappa shape index (κ3) is 2.22. The van der Waals surface area contributed by atoms with Crippen molar-refractivity contribution < 1.29 is 0 Å². The third-order valence-corrected chi connectivity index (χ3v) is 3.35. The zero-order chi connectivity index (χ0) is 13.2. The summed E-state index contributed by atoms with van der Waals surface area (Å²) in [5.41, 5.74) is 9.24. The van der Waals surface area contributed by atoms with Crippen molar-refractivity contribution in [1.82, 2.24) is 14.5 Å². The molecule has 2 heterocycles. The number of hydrogen-bond donors (Lipinski definition) is 1. The number of aromatic nitrogens is 3. The topological polar surface area (TPSA) is 56.7 Å². The van der Waals surface area contributed by atoms with E-state index < -0.39 is 0 Å². The van der Waals surface area contributed by atoms with Crippen molar-refractivity contribution in [3.63, 3.8) is 0 Å². The normalized spacial score (nSPS) is 12.7. The van der Waals surface area contributed by atoms with E-state index in [0.717, 1.165) is 22.6 Å². The lowest BCUT2D eigenvalue weighted by Gasteiger charge is -2.10. The first-order valence-corrected chi connectivity index (χ1v) is 6.32. The van der Waals surface area contributed by atoms with Gasteiger partial charge in [-0.1, -0.05) is 18.2 Å². The predicted octanol–water partition coefficient (Wildman–Crippen LogP) is 2.21. The molecule has 1 aromatic carbocycles.